The molecule has 3 heterocycles. The fourth-order valence-corrected chi connectivity index (χ4v) is 4.68. The molecule has 12 nitrogen and oxygen atoms in total. The number of H-pyrrole nitrogens is 1. The smallest absolute Gasteiger partial charge is 0.241 e. The minimum atomic E-state index is -0.283. The van der Waals surface area contributed by atoms with Gasteiger partial charge in [0.15, 0.2) is 0 Å². The van der Waals surface area contributed by atoms with Gasteiger partial charge in [0.05, 0.1) is 36.7 Å². The number of anilines is 2. The highest BCUT2D eigenvalue weighted by atomic mass is 16.5. The van der Waals surface area contributed by atoms with Gasteiger partial charge in [-0.05, 0) is 25.5 Å². The summed E-state index contributed by atoms with van der Waals surface area (Å²) in [5, 5.41) is 27.1. The maximum atomic E-state index is 13.2. The fraction of sp³-hybridized carbons (Fsp3) is 0.407. The van der Waals surface area contributed by atoms with Gasteiger partial charge < -0.3 is 30.8 Å². The molecule has 3 aromatic rings. The molecule has 1 atom stereocenters. The number of benzene rings is 1. The molecular weight excluding hydrogens is 498 g/mol. The number of aromatic amines is 1. The second-order valence-electron chi connectivity index (χ2n) is 9.43. The zero-order valence-corrected chi connectivity index (χ0v) is 22.8. The molecule has 2 aromatic heterocycles. The Morgan fingerprint density at radius 3 is 2.74 bits per heavy atom. The van der Waals surface area contributed by atoms with Crippen molar-refractivity contribution in [1.29, 1.82) is 5.41 Å². The summed E-state index contributed by atoms with van der Waals surface area (Å²) in [7, 11) is 3.16. The van der Waals surface area contributed by atoms with Crippen molar-refractivity contribution in [2.75, 3.05) is 64.1 Å². The minimum absolute atomic E-state index is 0.0520. The lowest BCUT2D eigenvalue weighted by Gasteiger charge is -2.37. The SMILES string of the molecule is CN/C=C(/Nc1ncc(C)c(-c2c[nH]c3c(NC(=O)C(C)N4CCN(CCO)CC4)cccc23)n1)C(=N)OC. The Bertz CT molecular complexity index is 1350. The zero-order valence-electron chi connectivity index (χ0n) is 22.8. The lowest BCUT2D eigenvalue weighted by atomic mass is 10.1. The number of aryl methyl sites for hydroxylation is 1. The van der Waals surface area contributed by atoms with Crippen LogP contribution in [0.4, 0.5) is 11.6 Å². The Hall–Kier alpha value is -4.00. The summed E-state index contributed by atoms with van der Waals surface area (Å²) in [6.07, 6.45) is 5.21. The molecule has 12 heteroatoms. The van der Waals surface area contributed by atoms with Gasteiger partial charge in [0.2, 0.25) is 17.8 Å². The van der Waals surface area contributed by atoms with Crippen LogP contribution in [0.15, 0.2) is 42.5 Å². The summed E-state index contributed by atoms with van der Waals surface area (Å²) in [5.74, 6) is 0.206. The highest BCUT2D eigenvalue weighted by Gasteiger charge is 2.26. The third kappa shape index (κ3) is 6.36. The van der Waals surface area contributed by atoms with E-state index in [1.54, 1.807) is 19.4 Å². The summed E-state index contributed by atoms with van der Waals surface area (Å²) in [4.78, 5) is 30.0. The first-order valence-electron chi connectivity index (χ1n) is 13.0. The molecule has 39 heavy (non-hydrogen) atoms. The van der Waals surface area contributed by atoms with E-state index in [4.69, 9.17) is 20.2 Å². The van der Waals surface area contributed by atoms with Crippen molar-refractivity contribution >= 4 is 34.3 Å². The van der Waals surface area contributed by atoms with E-state index in [2.05, 4.69) is 35.7 Å². The molecule has 1 aromatic carbocycles. The van der Waals surface area contributed by atoms with Crippen LogP contribution < -0.4 is 16.0 Å². The summed E-state index contributed by atoms with van der Waals surface area (Å²) >= 11 is 0. The van der Waals surface area contributed by atoms with E-state index in [0.29, 0.717) is 23.9 Å². The number of aliphatic hydroxyl groups excluding tert-OH is 1. The number of carbonyl (C=O) groups excluding carboxylic acids is 1. The largest absolute Gasteiger partial charge is 0.480 e. The van der Waals surface area contributed by atoms with E-state index in [-0.39, 0.29) is 24.5 Å². The number of methoxy groups -OCH3 is 1. The maximum Gasteiger partial charge on any atom is 0.241 e. The summed E-state index contributed by atoms with van der Waals surface area (Å²) < 4.78 is 5.04. The number of amides is 1. The quantitative estimate of drug-likeness (QED) is 0.169. The number of nitrogens with zero attached hydrogens (tertiary/aromatic N) is 4. The Morgan fingerprint density at radius 2 is 2.05 bits per heavy atom. The zero-order chi connectivity index (χ0) is 27.9. The van der Waals surface area contributed by atoms with Gasteiger partial charge in [-0.15, -0.1) is 0 Å². The summed E-state index contributed by atoms with van der Waals surface area (Å²) in [6, 6.07) is 5.51. The second kappa shape index (κ2) is 12.7. The molecule has 1 saturated heterocycles. The van der Waals surface area contributed by atoms with Crippen molar-refractivity contribution in [3.05, 3.63) is 48.1 Å². The average Bonchev–Trinajstić information content (AvgIpc) is 3.38. The van der Waals surface area contributed by atoms with Crippen molar-refractivity contribution < 1.29 is 14.6 Å². The van der Waals surface area contributed by atoms with Crippen molar-refractivity contribution in [3.8, 4) is 11.3 Å². The number of piperazine rings is 1. The van der Waals surface area contributed by atoms with Gasteiger partial charge in [0, 0.05) is 69.3 Å². The van der Waals surface area contributed by atoms with Gasteiger partial charge in [-0.1, -0.05) is 12.1 Å². The van der Waals surface area contributed by atoms with Gasteiger partial charge in [-0.3, -0.25) is 20.0 Å². The van der Waals surface area contributed by atoms with Crippen LogP contribution >= 0.6 is 0 Å². The number of aromatic nitrogens is 3. The topological polar surface area (TPSA) is 155 Å². The monoisotopic (exact) mass is 535 g/mol. The first-order chi connectivity index (χ1) is 18.9. The number of carbonyl (C=O) groups is 1. The minimum Gasteiger partial charge on any atom is -0.480 e. The molecule has 1 aliphatic heterocycles. The Morgan fingerprint density at radius 1 is 1.28 bits per heavy atom. The molecular formula is C27H37N9O3. The molecule has 0 saturated carbocycles. The van der Waals surface area contributed by atoms with E-state index in [0.717, 1.165) is 53.9 Å². The molecule has 4 rings (SSSR count). The molecule has 0 radical (unpaired) electrons. The number of para-hydroxylation sites is 1. The molecule has 6 N–H and O–H groups in total. The molecule has 0 bridgehead atoms. The van der Waals surface area contributed by atoms with Crippen molar-refractivity contribution in [2.24, 2.45) is 0 Å². The maximum absolute atomic E-state index is 13.2. The van der Waals surface area contributed by atoms with E-state index >= 15 is 0 Å². The lowest BCUT2D eigenvalue weighted by molar-refractivity contribution is -0.121. The first kappa shape index (κ1) is 28.0. The summed E-state index contributed by atoms with van der Waals surface area (Å²) in [6.45, 7) is 7.91. The number of rotatable bonds is 10. The van der Waals surface area contributed by atoms with Gasteiger partial charge >= 0.3 is 0 Å². The molecule has 1 fully saturated rings. The predicted molar refractivity (Wildman–Crippen MR) is 153 cm³/mol. The Balaban J connectivity index is 1.55. The van der Waals surface area contributed by atoms with Crippen LogP contribution in [-0.2, 0) is 9.53 Å². The van der Waals surface area contributed by atoms with Gasteiger partial charge in [-0.25, -0.2) is 9.97 Å². The molecule has 1 unspecified atom stereocenters. The Labute approximate surface area is 228 Å². The van der Waals surface area contributed by atoms with Crippen LogP contribution in [0.25, 0.3) is 22.2 Å². The Kier molecular flexibility index (Phi) is 9.12. The van der Waals surface area contributed by atoms with Gasteiger partial charge in [-0.2, -0.15) is 0 Å². The number of nitrogens with one attached hydrogen (secondary N) is 5. The van der Waals surface area contributed by atoms with Gasteiger partial charge in [0.25, 0.3) is 0 Å². The average molecular weight is 536 g/mol. The highest BCUT2D eigenvalue weighted by molar-refractivity contribution is 6.06. The number of fused-ring (bicyclic) bond motifs is 1. The first-order valence-corrected chi connectivity index (χ1v) is 13.0. The third-order valence-corrected chi connectivity index (χ3v) is 6.93. The van der Waals surface area contributed by atoms with Crippen LogP contribution in [0.5, 0.6) is 0 Å². The highest BCUT2D eigenvalue weighted by Crippen LogP contribution is 2.33. The molecule has 208 valence electrons. The normalized spacial score (nSPS) is 15.7. The lowest BCUT2D eigenvalue weighted by Crippen LogP contribution is -2.53. The van der Waals surface area contributed by atoms with Crippen molar-refractivity contribution in [2.45, 2.75) is 19.9 Å². The van der Waals surface area contributed by atoms with Crippen LogP contribution in [-0.4, -0.2) is 101 Å². The molecule has 1 aliphatic rings. The molecule has 0 spiro atoms. The van der Waals surface area contributed by atoms with E-state index in [1.807, 2.05) is 38.2 Å². The van der Waals surface area contributed by atoms with Crippen LogP contribution in [0.1, 0.15) is 12.5 Å². The fourth-order valence-electron chi connectivity index (χ4n) is 4.68. The van der Waals surface area contributed by atoms with E-state index in [1.165, 1.54) is 7.11 Å². The number of ether oxygens (including phenoxy) is 1. The standard InChI is InChI=1S/C27H37N9O3/c1-17-14-31-27(33-22(16-29-3)25(28)39-4)34-23(17)20-15-30-24-19(20)6-5-7-21(24)32-26(38)18(2)36-10-8-35(9-11-36)12-13-37/h5-7,14-16,18,28-30,37H,8-13H2,1-4H3,(H,32,38)(H,31,33,34)/b22-16+,28-25?. The van der Waals surface area contributed by atoms with Crippen molar-refractivity contribution in [1.82, 2.24) is 30.1 Å². The van der Waals surface area contributed by atoms with Crippen molar-refractivity contribution in [3.63, 3.8) is 0 Å². The predicted octanol–water partition coefficient (Wildman–Crippen LogP) is 1.97. The van der Waals surface area contributed by atoms with Crippen LogP contribution in [0.3, 0.4) is 0 Å². The van der Waals surface area contributed by atoms with Gasteiger partial charge in [0.1, 0.15) is 5.70 Å². The number of hydrogen-bond acceptors (Lipinski definition) is 10. The summed E-state index contributed by atoms with van der Waals surface area (Å²) in [5.41, 5.74) is 4.38. The van der Waals surface area contributed by atoms with E-state index in [9.17, 15) is 4.79 Å². The van der Waals surface area contributed by atoms with Crippen LogP contribution in [0, 0.1) is 12.3 Å². The number of aliphatic hydroxyl groups is 1. The second-order valence-corrected chi connectivity index (χ2v) is 9.43. The third-order valence-electron chi connectivity index (χ3n) is 6.93. The number of hydrogen-bond donors (Lipinski definition) is 6. The molecule has 1 amide bonds. The van der Waals surface area contributed by atoms with E-state index < -0.39 is 0 Å². The molecule has 0 aliphatic carbocycles. The van der Waals surface area contributed by atoms with Crippen LogP contribution in [0.2, 0.25) is 0 Å². The number of β-amino-alcohol motifs (C(OH)–C–C–N with tert-alkyl or cyclic N) is 1.